The van der Waals surface area contributed by atoms with E-state index in [1.807, 2.05) is 6.92 Å². The van der Waals surface area contributed by atoms with Crippen LogP contribution in [0.2, 0.25) is 0 Å². The largest absolute Gasteiger partial charge is 0.384 e. The molecule has 0 spiro atoms. The van der Waals surface area contributed by atoms with E-state index in [-0.39, 0.29) is 0 Å². The van der Waals surface area contributed by atoms with E-state index in [1.54, 1.807) is 17.4 Å². The van der Waals surface area contributed by atoms with Gasteiger partial charge >= 0.3 is 0 Å². The molecular formula is C10H11N3S. The van der Waals surface area contributed by atoms with Gasteiger partial charge in [-0.15, -0.1) is 11.3 Å². The molecule has 14 heavy (non-hydrogen) atoms. The van der Waals surface area contributed by atoms with Gasteiger partial charge in [0.1, 0.15) is 11.6 Å². The SMILES string of the molecule is Cc1nc(N)cc(-c2ccc(C)s2)n1. The molecule has 3 nitrogen and oxygen atoms in total. The zero-order valence-electron chi connectivity index (χ0n) is 8.11. The zero-order valence-corrected chi connectivity index (χ0v) is 8.93. The Morgan fingerprint density at radius 1 is 1.21 bits per heavy atom. The second-order valence-corrected chi connectivity index (χ2v) is 4.42. The molecule has 0 unspecified atom stereocenters. The van der Waals surface area contributed by atoms with Crippen molar-refractivity contribution in [3.63, 3.8) is 0 Å². The van der Waals surface area contributed by atoms with Crippen molar-refractivity contribution in [3.8, 4) is 10.6 Å². The van der Waals surface area contributed by atoms with E-state index >= 15 is 0 Å². The van der Waals surface area contributed by atoms with Crippen molar-refractivity contribution >= 4 is 17.2 Å². The highest BCUT2D eigenvalue weighted by Crippen LogP contribution is 2.26. The fourth-order valence-corrected chi connectivity index (χ4v) is 2.12. The van der Waals surface area contributed by atoms with Crippen molar-refractivity contribution in [1.82, 2.24) is 9.97 Å². The number of nitrogens with two attached hydrogens (primary N) is 1. The predicted octanol–water partition coefficient (Wildman–Crippen LogP) is 2.40. The second-order valence-electron chi connectivity index (χ2n) is 3.14. The van der Waals surface area contributed by atoms with Gasteiger partial charge in [-0.1, -0.05) is 0 Å². The van der Waals surface area contributed by atoms with E-state index in [1.165, 1.54) is 4.88 Å². The summed E-state index contributed by atoms with van der Waals surface area (Å²) in [6, 6.07) is 5.94. The molecule has 0 aromatic carbocycles. The van der Waals surface area contributed by atoms with Crippen LogP contribution in [0.25, 0.3) is 10.6 Å². The van der Waals surface area contributed by atoms with E-state index in [4.69, 9.17) is 5.73 Å². The van der Waals surface area contributed by atoms with Crippen LogP contribution in [0.4, 0.5) is 5.82 Å². The number of nitrogens with zero attached hydrogens (tertiary/aromatic N) is 2. The molecule has 2 aromatic rings. The molecule has 2 aromatic heterocycles. The molecule has 0 aliphatic heterocycles. The second kappa shape index (κ2) is 3.38. The molecule has 0 aliphatic carbocycles. The number of nitrogen functional groups attached to an aromatic ring is 1. The van der Waals surface area contributed by atoms with Gasteiger partial charge < -0.3 is 5.73 Å². The minimum Gasteiger partial charge on any atom is -0.384 e. The topological polar surface area (TPSA) is 51.8 Å². The summed E-state index contributed by atoms with van der Waals surface area (Å²) in [6.45, 7) is 3.92. The van der Waals surface area contributed by atoms with Crippen molar-refractivity contribution in [2.24, 2.45) is 0 Å². The van der Waals surface area contributed by atoms with Crippen molar-refractivity contribution in [2.75, 3.05) is 5.73 Å². The molecule has 2 heterocycles. The Morgan fingerprint density at radius 2 is 2.00 bits per heavy atom. The Bertz CT molecular complexity index is 442. The molecule has 0 radical (unpaired) electrons. The lowest BCUT2D eigenvalue weighted by Crippen LogP contribution is -1.96. The molecule has 2 rings (SSSR count). The van der Waals surface area contributed by atoms with E-state index in [2.05, 4.69) is 29.0 Å². The highest BCUT2D eigenvalue weighted by molar-refractivity contribution is 7.15. The molecule has 4 heteroatoms. The summed E-state index contributed by atoms with van der Waals surface area (Å²) < 4.78 is 0. The third-order valence-electron chi connectivity index (χ3n) is 1.85. The van der Waals surface area contributed by atoms with Gasteiger partial charge in [0.25, 0.3) is 0 Å². The highest BCUT2D eigenvalue weighted by Gasteiger charge is 2.04. The van der Waals surface area contributed by atoms with Gasteiger partial charge in [-0.25, -0.2) is 9.97 Å². The lowest BCUT2D eigenvalue weighted by Gasteiger charge is -1.99. The first-order chi connectivity index (χ1) is 6.65. The maximum atomic E-state index is 5.66. The standard InChI is InChI=1S/C10H11N3S/c1-6-3-4-9(14-6)8-5-10(11)13-7(2)12-8/h3-5H,1-2H3,(H2,11,12,13). The summed E-state index contributed by atoms with van der Waals surface area (Å²) in [7, 11) is 0. The smallest absolute Gasteiger partial charge is 0.128 e. The van der Waals surface area contributed by atoms with Gasteiger partial charge in [0.2, 0.25) is 0 Å². The van der Waals surface area contributed by atoms with Crippen LogP contribution >= 0.6 is 11.3 Å². The molecule has 0 atom stereocenters. The summed E-state index contributed by atoms with van der Waals surface area (Å²) >= 11 is 1.71. The van der Waals surface area contributed by atoms with Crippen LogP contribution in [-0.2, 0) is 0 Å². The average molecular weight is 205 g/mol. The third kappa shape index (κ3) is 1.75. The van der Waals surface area contributed by atoms with Gasteiger partial charge in [0.05, 0.1) is 10.6 Å². The number of anilines is 1. The van der Waals surface area contributed by atoms with Crippen molar-refractivity contribution < 1.29 is 0 Å². The maximum absolute atomic E-state index is 5.66. The monoisotopic (exact) mass is 205 g/mol. The normalized spacial score (nSPS) is 10.4. The Morgan fingerprint density at radius 3 is 2.57 bits per heavy atom. The van der Waals surface area contributed by atoms with Gasteiger partial charge in [0, 0.05) is 10.9 Å². The number of aromatic nitrogens is 2. The van der Waals surface area contributed by atoms with Crippen LogP contribution in [0.3, 0.4) is 0 Å². The van der Waals surface area contributed by atoms with Crippen LogP contribution in [0.5, 0.6) is 0 Å². The van der Waals surface area contributed by atoms with Crippen molar-refractivity contribution in [3.05, 3.63) is 28.9 Å². The Kier molecular flexibility index (Phi) is 2.21. The number of rotatable bonds is 1. The van der Waals surface area contributed by atoms with Gasteiger partial charge in [-0.05, 0) is 26.0 Å². The quantitative estimate of drug-likeness (QED) is 0.777. The number of hydrogen-bond acceptors (Lipinski definition) is 4. The minimum absolute atomic E-state index is 0.526. The summed E-state index contributed by atoms with van der Waals surface area (Å²) in [4.78, 5) is 10.8. The van der Waals surface area contributed by atoms with E-state index in [9.17, 15) is 0 Å². The van der Waals surface area contributed by atoms with E-state index in [0.717, 1.165) is 10.6 Å². The van der Waals surface area contributed by atoms with Gasteiger partial charge in [-0.3, -0.25) is 0 Å². The number of aryl methyl sites for hydroxylation is 2. The summed E-state index contributed by atoms with van der Waals surface area (Å²) in [5.41, 5.74) is 6.57. The summed E-state index contributed by atoms with van der Waals surface area (Å²) in [5, 5.41) is 0. The van der Waals surface area contributed by atoms with Crippen LogP contribution in [-0.4, -0.2) is 9.97 Å². The summed E-state index contributed by atoms with van der Waals surface area (Å²) in [6.07, 6.45) is 0. The molecule has 0 fully saturated rings. The average Bonchev–Trinajstić information content (AvgIpc) is 2.50. The van der Waals surface area contributed by atoms with Crippen LogP contribution in [0.1, 0.15) is 10.7 Å². The maximum Gasteiger partial charge on any atom is 0.128 e. The van der Waals surface area contributed by atoms with Gasteiger partial charge in [0.15, 0.2) is 0 Å². The Balaban J connectivity index is 2.51. The fourth-order valence-electron chi connectivity index (χ4n) is 1.29. The first kappa shape index (κ1) is 9.15. The molecule has 0 aliphatic rings. The lowest BCUT2D eigenvalue weighted by atomic mass is 10.3. The molecule has 0 saturated carbocycles. The van der Waals surface area contributed by atoms with Gasteiger partial charge in [-0.2, -0.15) is 0 Å². The molecule has 0 saturated heterocycles. The van der Waals surface area contributed by atoms with Crippen molar-refractivity contribution in [1.29, 1.82) is 0 Å². The van der Waals surface area contributed by atoms with E-state index in [0.29, 0.717) is 11.6 Å². The first-order valence-electron chi connectivity index (χ1n) is 4.33. The number of hydrogen-bond donors (Lipinski definition) is 1. The van der Waals surface area contributed by atoms with E-state index < -0.39 is 0 Å². The molecule has 2 N–H and O–H groups in total. The van der Waals surface area contributed by atoms with Crippen LogP contribution in [0, 0.1) is 13.8 Å². The van der Waals surface area contributed by atoms with Crippen LogP contribution < -0.4 is 5.73 Å². The first-order valence-corrected chi connectivity index (χ1v) is 5.15. The Hall–Kier alpha value is -1.42. The Labute approximate surface area is 86.6 Å². The molecule has 0 bridgehead atoms. The minimum atomic E-state index is 0.526. The highest BCUT2D eigenvalue weighted by atomic mass is 32.1. The third-order valence-corrected chi connectivity index (χ3v) is 2.87. The van der Waals surface area contributed by atoms with Crippen LogP contribution in [0.15, 0.2) is 18.2 Å². The number of thiophene rings is 1. The summed E-state index contributed by atoms with van der Waals surface area (Å²) in [5.74, 6) is 1.24. The molecular weight excluding hydrogens is 194 g/mol. The van der Waals surface area contributed by atoms with Crippen molar-refractivity contribution in [2.45, 2.75) is 13.8 Å². The zero-order chi connectivity index (χ0) is 10.1. The molecule has 72 valence electrons. The predicted molar refractivity (Wildman–Crippen MR) is 59.2 cm³/mol. The lowest BCUT2D eigenvalue weighted by molar-refractivity contribution is 1.07. The fraction of sp³-hybridized carbons (Fsp3) is 0.200. The molecule has 0 amide bonds.